The predicted octanol–water partition coefficient (Wildman–Crippen LogP) is 2.46. The first kappa shape index (κ1) is 11.5. The Morgan fingerprint density at radius 3 is 2.69 bits per heavy atom. The van der Waals surface area contributed by atoms with Crippen molar-refractivity contribution in [2.24, 2.45) is 0 Å². The Hall–Kier alpha value is -0.960. The first-order valence-electron chi connectivity index (χ1n) is 6.30. The second-order valence-electron chi connectivity index (χ2n) is 4.93. The standard InChI is InChI=1S/C13H21N3/c1-10(2)12-8-15-13(16-9-12)11-5-3-4-6-14-7-11/h8-11,14H,3-7H2,1-2H3. The van der Waals surface area contributed by atoms with E-state index in [1.165, 1.54) is 24.8 Å². The Balaban J connectivity index is 2.07. The zero-order valence-electron chi connectivity index (χ0n) is 10.2. The number of nitrogens with zero attached hydrogens (tertiary/aromatic N) is 2. The van der Waals surface area contributed by atoms with Gasteiger partial charge < -0.3 is 5.32 Å². The Morgan fingerprint density at radius 1 is 1.25 bits per heavy atom. The van der Waals surface area contributed by atoms with Gasteiger partial charge in [0.05, 0.1) is 0 Å². The minimum atomic E-state index is 0.503. The molecule has 1 atom stereocenters. The maximum atomic E-state index is 4.51. The Labute approximate surface area is 97.7 Å². The number of nitrogens with one attached hydrogen (secondary N) is 1. The van der Waals surface area contributed by atoms with Crippen molar-refractivity contribution in [3.63, 3.8) is 0 Å². The number of aromatic nitrogens is 2. The van der Waals surface area contributed by atoms with E-state index >= 15 is 0 Å². The molecule has 88 valence electrons. The summed E-state index contributed by atoms with van der Waals surface area (Å²) in [5.74, 6) is 2.03. The van der Waals surface area contributed by atoms with Crippen LogP contribution in [0, 0.1) is 0 Å². The van der Waals surface area contributed by atoms with Crippen molar-refractivity contribution < 1.29 is 0 Å². The third-order valence-electron chi connectivity index (χ3n) is 3.27. The molecule has 1 N–H and O–H groups in total. The van der Waals surface area contributed by atoms with Gasteiger partial charge in [-0.25, -0.2) is 9.97 Å². The molecule has 0 saturated carbocycles. The van der Waals surface area contributed by atoms with Crippen LogP contribution in [0.4, 0.5) is 0 Å². The van der Waals surface area contributed by atoms with E-state index < -0.39 is 0 Å². The molecule has 1 unspecified atom stereocenters. The third-order valence-corrected chi connectivity index (χ3v) is 3.27. The van der Waals surface area contributed by atoms with Gasteiger partial charge in [-0.05, 0) is 30.9 Å². The van der Waals surface area contributed by atoms with E-state index in [1.807, 2.05) is 12.4 Å². The molecular formula is C13H21N3. The van der Waals surface area contributed by atoms with Crippen LogP contribution in [0.2, 0.25) is 0 Å². The normalized spacial score (nSPS) is 22.1. The molecule has 0 bridgehead atoms. The summed E-state index contributed by atoms with van der Waals surface area (Å²) in [5, 5.41) is 3.45. The molecule has 0 amide bonds. The van der Waals surface area contributed by atoms with Crippen LogP contribution in [-0.2, 0) is 0 Å². The molecule has 1 aliphatic rings. The molecule has 3 nitrogen and oxygen atoms in total. The molecule has 16 heavy (non-hydrogen) atoms. The first-order valence-corrected chi connectivity index (χ1v) is 6.30. The third kappa shape index (κ3) is 2.79. The van der Waals surface area contributed by atoms with Gasteiger partial charge in [-0.1, -0.05) is 20.3 Å². The smallest absolute Gasteiger partial charge is 0.132 e. The first-order chi connectivity index (χ1) is 7.77. The zero-order chi connectivity index (χ0) is 11.4. The summed E-state index contributed by atoms with van der Waals surface area (Å²) < 4.78 is 0. The molecule has 0 aliphatic carbocycles. The van der Waals surface area contributed by atoms with Crippen molar-refractivity contribution >= 4 is 0 Å². The van der Waals surface area contributed by atoms with E-state index in [0.717, 1.165) is 18.9 Å². The van der Waals surface area contributed by atoms with Crippen LogP contribution >= 0.6 is 0 Å². The van der Waals surface area contributed by atoms with E-state index in [4.69, 9.17) is 0 Å². The van der Waals surface area contributed by atoms with E-state index in [-0.39, 0.29) is 0 Å². The maximum Gasteiger partial charge on any atom is 0.132 e. The molecule has 1 aromatic heterocycles. The molecule has 2 heterocycles. The summed E-state index contributed by atoms with van der Waals surface area (Å²) in [4.78, 5) is 9.03. The van der Waals surface area contributed by atoms with Crippen LogP contribution < -0.4 is 5.32 Å². The fourth-order valence-electron chi connectivity index (χ4n) is 2.10. The lowest BCUT2D eigenvalue weighted by atomic mass is 10.0. The van der Waals surface area contributed by atoms with Gasteiger partial charge in [-0.3, -0.25) is 0 Å². The second kappa shape index (κ2) is 5.39. The van der Waals surface area contributed by atoms with E-state index in [9.17, 15) is 0 Å². The summed E-state index contributed by atoms with van der Waals surface area (Å²) in [7, 11) is 0. The Kier molecular flexibility index (Phi) is 3.88. The highest BCUT2D eigenvalue weighted by Crippen LogP contribution is 2.21. The summed E-state index contributed by atoms with van der Waals surface area (Å²) in [6.07, 6.45) is 7.75. The lowest BCUT2D eigenvalue weighted by Gasteiger charge is -2.13. The van der Waals surface area contributed by atoms with E-state index in [0.29, 0.717) is 11.8 Å². The van der Waals surface area contributed by atoms with Gasteiger partial charge in [0.2, 0.25) is 0 Å². The summed E-state index contributed by atoms with van der Waals surface area (Å²) in [6.45, 7) is 6.51. The molecule has 3 heteroatoms. The average Bonchev–Trinajstić information content (AvgIpc) is 2.57. The summed E-state index contributed by atoms with van der Waals surface area (Å²) in [5.41, 5.74) is 1.23. The van der Waals surface area contributed by atoms with Crippen LogP contribution in [0.25, 0.3) is 0 Å². The highest BCUT2D eigenvalue weighted by molar-refractivity contribution is 5.11. The van der Waals surface area contributed by atoms with Crippen LogP contribution in [0.1, 0.15) is 56.3 Å². The van der Waals surface area contributed by atoms with Crippen LogP contribution in [0.15, 0.2) is 12.4 Å². The fourth-order valence-corrected chi connectivity index (χ4v) is 2.10. The Bertz CT molecular complexity index is 310. The van der Waals surface area contributed by atoms with Crippen molar-refractivity contribution in [3.8, 4) is 0 Å². The number of hydrogen-bond donors (Lipinski definition) is 1. The van der Waals surface area contributed by atoms with Gasteiger partial charge in [0, 0.05) is 24.9 Å². The lowest BCUT2D eigenvalue weighted by molar-refractivity contribution is 0.575. The van der Waals surface area contributed by atoms with Gasteiger partial charge in [0.1, 0.15) is 5.82 Å². The zero-order valence-corrected chi connectivity index (χ0v) is 10.2. The monoisotopic (exact) mass is 219 g/mol. The Morgan fingerprint density at radius 2 is 2.00 bits per heavy atom. The van der Waals surface area contributed by atoms with Crippen molar-refractivity contribution in [3.05, 3.63) is 23.8 Å². The van der Waals surface area contributed by atoms with E-state index in [1.54, 1.807) is 0 Å². The van der Waals surface area contributed by atoms with Crippen molar-refractivity contribution in [2.45, 2.75) is 44.9 Å². The number of rotatable bonds is 2. The minimum absolute atomic E-state index is 0.503. The second-order valence-corrected chi connectivity index (χ2v) is 4.93. The van der Waals surface area contributed by atoms with E-state index in [2.05, 4.69) is 29.1 Å². The van der Waals surface area contributed by atoms with Crippen LogP contribution in [-0.4, -0.2) is 23.1 Å². The molecule has 0 aromatic carbocycles. The minimum Gasteiger partial charge on any atom is -0.316 e. The maximum absolute atomic E-state index is 4.51. The highest BCUT2D eigenvalue weighted by atomic mass is 14.9. The lowest BCUT2D eigenvalue weighted by Crippen LogP contribution is -2.20. The molecule has 1 saturated heterocycles. The molecule has 1 fully saturated rings. The van der Waals surface area contributed by atoms with Gasteiger partial charge >= 0.3 is 0 Å². The molecule has 1 aromatic rings. The van der Waals surface area contributed by atoms with Gasteiger partial charge in [0.25, 0.3) is 0 Å². The largest absolute Gasteiger partial charge is 0.316 e. The predicted molar refractivity (Wildman–Crippen MR) is 65.6 cm³/mol. The molecular weight excluding hydrogens is 198 g/mol. The topological polar surface area (TPSA) is 37.8 Å². The summed E-state index contributed by atoms with van der Waals surface area (Å²) >= 11 is 0. The summed E-state index contributed by atoms with van der Waals surface area (Å²) in [6, 6.07) is 0. The van der Waals surface area contributed by atoms with Crippen LogP contribution in [0.5, 0.6) is 0 Å². The SMILES string of the molecule is CC(C)c1cnc(C2CCCCNC2)nc1. The van der Waals surface area contributed by atoms with Gasteiger partial charge in [-0.15, -0.1) is 0 Å². The molecule has 2 rings (SSSR count). The molecule has 0 spiro atoms. The van der Waals surface area contributed by atoms with Crippen molar-refractivity contribution in [1.82, 2.24) is 15.3 Å². The van der Waals surface area contributed by atoms with Crippen molar-refractivity contribution in [2.75, 3.05) is 13.1 Å². The molecule has 1 aliphatic heterocycles. The van der Waals surface area contributed by atoms with Gasteiger partial charge in [-0.2, -0.15) is 0 Å². The van der Waals surface area contributed by atoms with Gasteiger partial charge in [0.15, 0.2) is 0 Å². The fraction of sp³-hybridized carbons (Fsp3) is 0.692. The highest BCUT2D eigenvalue weighted by Gasteiger charge is 2.16. The number of hydrogen-bond acceptors (Lipinski definition) is 3. The molecule has 0 radical (unpaired) electrons. The average molecular weight is 219 g/mol. The van der Waals surface area contributed by atoms with Crippen molar-refractivity contribution in [1.29, 1.82) is 0 Å². The quantitative estimate of drug-likeness (QED) is 0.830. The van der Waals surface area contributed by atoms with Crippen LogP contribution in [0.3, 0.4) is 0 Å².